The van der Waals surface area contributed by atoms with E-state index in [9.17, 15) is 9.59 Å². The molecule has 0 saturated carbocycles. The Labute approximate surface area is 126 Å². The first-order valence-corrected chi connectivity index (χ1v) is 8.00. The Hall–Kier alpha value is -1.10. The van der Waals surface area contributed by atoms with Gasteiger partial charge in [0.1, 0.15) is 0 Å². The predicted molar refractivity (Wildman–Crippen MR) is 78.9 cm³/mol. The van der Waals surface area contributed by atoms with Crippen LogP contribution in [-0.4, -0.2) is 48.2 Å². The van der Waals surface area contributed by atoms with E-state index in [1.807, 2.05) is 13.8 Å². The Morgan fingerprint density at radius 2 is 1.90 bits per heavy atom. The molecule has 2 fully saturated rings. The molecular formula is C16H27NO4. The third-order valence-corrected chi connectivity index (χ3v) is 4.78. The van der Waals surface area contributed by atoms with Crippen molar-refractivity contribution in [2.24, 2.45) is 17.3 Å². The summed E-state index contributed by atoms with van der Waals surface area (Å²) in [6, 6.07) is 0. The minimum atomic E-state index is -0.783. The quantitative estimate of drug-likeness (QED) is 0.863. The number of carboxylic acids is 1. The van der Waals surface area contributed by atoms with Crippen molar-refractivity contribution in [3.8, 4) is 0 Å². The van der Waals surface area contributed by atoms with Crippen LogP contribution < -0.4 is 0 Å². The van der Waals surface area contributed by atoms with Gasteiger partial charge in [0.25, 0.3) is 0 Å². The zero-order chi connectivity index (χ0) is 15.5. The number of rotatable bonds is 4. The highest BCUT2D eigenvalue weighted by Crippen LogP contribution is 2.33. The summed E-state index contributed by atoms with van der Waals surface area (Å²) in [5.41, 5.74) is -0.414. The fourth-order valence-electron chi connectivity index (χ4n) is 3.55. The molecule has 21 heavy (non-hydrogen) atoms. The Morgan fingerprint density at radius 1 is 1.24 bits per heavy atom. The number of amides is 1. The van der Waals surface area contributed by atoms with Crippen LogP contribution in [0.25, 0.3) is 0 Å². The van der Waals surface area contributed by atoms with Crippen LogP contribution in [0.5, 0.6) is 0 Å². The van der Waals surface area contributed by atoms with Crippen LogP contribution in [-0.2, 0) is 14.3 Å². The van der Waals surface area contributed by atoms with Crippen molar-refractivity contribution >= 4 is 11.9 Å². The van der Waals surface area contributed by atoms with Crippen molar-refractivity contribution in [1.29, 1.82) is 0 Å². The van der Waals surface area contributed by atoms with Crippen molar-refractivity contribution in [1.82, 2.24) is 4.90 Å². The predicted octanol–water partition coefficient (Wildman–Crippen LogP) is 2.15. The maximum absolute atomic E-state index is 12.8. The van der Waals surface area contributed by atoms with Gasteiger partial charge in [-0.3, -0.25) is 9.59 Å². The molecule has 0 aromatic carbocycles. The van der Waals surface area contributed by atoms with Gasteiger partial charge in [0.15, 0.2) is 0 Å². The highest BCUT2D eigenvalue weighted by atomic mass is 16.5. The Balaban J connectivity index is 1.94. The molecular weight excluding hydrogens is 270 g/mol. The molecule has 1 atom stereocenters. The zero-order valence-electron chi connectivity index (χ0n) is 13.1. The smallest absolute Gasteiger partial charge is 0.308 e. The molecule has 0 unspecified atom stereocenters. The van der Waals surface area contributed by atoms with E-state index in [0.29, 0.717) is 25.4 Å². The van der Waals surface area contributed by atoms with Crippen LogP contribution >= 0.6 is 0 Å². The number of ether oxygens (including phenoxy) is 1. The van der Waals surface area contributed by atoms with E-state index in [4.69, 9.17) is 9.84 Å². The van der Waals surface area contributed by atoms with Crippen LogP contribution in [0.1, 0.15) is 46.0 Å². The Morgan fingerprint density at radius 3 is 2.52 bits per heavy atom. The van der Waals surface area contributed by atoms with Crippen LogP contribution in [0.15, 0.2) is 0 Å². The summed E-state index contributed by atoms with van der Waals surface area (Å²) in [4.78, 5) is 25.7. The molecule has 0 spiro atoms. The van der Waals surface area contributed by atoms with Gasteiger partial charge in [-0.1, -0.05) is 13.8 Å². The Kier molecular flexibility index (Phi) is 5.25. The monoisotopic (exact) mass is 297 g/mol. The lowest BCUT2D eigenvalue weighted by molar-refractivity contribution is -0.149. The average molecular weight is 297 g/mol. The molecule has 120 valence electrons. The summed E-state index contributed by atoms with van der Waals surface area (Å²) in [6.07, 6.45) is 4.38. The number of carbonyl (C=O) groups excluding carboxylic acids is 1. The summed E-state index contributed by atoms with van der Waals surface area (Å²) in [5.74, 6) is -0.533. The van der Waals surface area contributed by atoms with E-state index >= 15 is 0 Å². The molecule has 5 heteroatoms. The van der Waals surface area contributed by atoms with Crippen molar-refractivity contribution < 1.29 is 19.4 Å². The summed E-state index contributed by atoms with van der Waals surface area (Å²) in [7, 11) is 0. The third-order valence-electron chi connectivity index (χ3n) is 4.78. The fraction of sp³-hybridized carbons (Fsp3) is 0.875. The number of hydrogen-bond donors (Lipinski definition) is 1. The number of carboxylic acid groups (broad SMARTS) is 1. The lowest BCUT2D eigenvalue weighted by Crippen LogP contribution is -2.48. The van der Waals surface area contributed by atoms with E-state index in [0.717, 1.165) is 38.9 Å². The number of carbonyl (C=O) groups is 2. The lowest BCUT2D eigenvalue weighted by Gasteiger charge is -2.38. The van der Waals surface area contributed by atoms with Gasteiger partial charge in [-0.25, -0.2) is 0 Å². The van der Waals surface area contributed by atoms with E-state index in [2.05, 4.69) is 0 Å². The lowest BCUT2D eigenvalue weighted by atomic mass is 9.78. The molecule has 2 rings (SSSR count). The van der Waals surface area contributed by atoms with Crippen LogP contribution in [0, 0.1) is 17.3 Å². The summed E-state index contributed by atoms with van der Waals surface area (Å²) < 4.78 is 5.37. The normalized spacial score (nSPS) is 24.9. The summed E-state index contributed by atoms with van der Waals surface area (Å²) in [6.45, 7) is 6.63. The maximum Gasteiger partial charge on any atom is 0.308 e. The fourth-order valence-corrected chi connectivity index (χ4v) is 3.55. The van der Waals surface area contributed by atoms with E-state index < -0.39 is 17.3 Å². The van der Waals surface area contributed by atoms with Gasteiger partial charge in [0.05, 0.1) is 5.92 Å². The van der Waals surface area contributed by atoms with Crippen LogP contribution in [0.4, 0.5) is 0 Å². The van der Waals surface area contributed by atoms with Crippen LogP contribution in [0.3, 0.4) is 0 Å². The number of aliphatic carboxylic acids is 1. The first kappa shape index (κ1) is 16.3. The molecule has 2 aliphatic heterocycles. The molecule has 0 aromatic heterocycles. The number of nitrogens with zero attached hydrogens (tertiary/aromatic N) is 1. The molecule has 2 heterocycles. The number of likely N-dealkylation sites (tertiary alicyclic amines) is 1. The molecule has 0 aromatic rings. The van der Waals surface area contributed by atoms with Gasteiger partial charge >= 0.3 is 5.97 Å². The first-order valence-electron chi connectivity index (χ1n) is 8.00. The van der Waals surface area contributed by atoms with Gasteiger partial charge < -0.3 is 14.7 Å². The van der Waals surface area contributed by atoms with Crippen molar-refractivity contribution in [2.75, 3.05) is 26.3 Å². The second-order valence-electron chi connectivity index (χ2n) is 7.07. The number of piperidine rings is 1. The van der Waals surface area contributed by atoms with Crippen molar-refractivity contribution in [2.45, 2.75) is 46.0 Å². The van der Waals surface area contributed by atoms with Gasteiger partial charge in [-0.05, 0) is 38.0 Å². The maximum atomic E-state index is 12.8. The topological polar surface area (TPSA) is 66.8 Å². The first-order chi connectivity index (χ1) is 9.90. The largest absolute Gasteiger partial charge is 0.481 e. The minimum Gasteiger partial charge on any atom is -0.481 e. The number of hydrogen-bond acceptors (Lipinski definition) is 3. The second kappa shape index (κ2) is 6.77. The van der Waals surface area contributed by atoms with Crippen LogP contribution in [0.2, 0.25) is 0 Å². The van der Waals surface area contributed by atoms with E-state index in [1.165, 1.54) is 0 Å². The standard InChI is InChI=1S/C16H27NO4/c1-16(2,10-12-5-8-21-9-6-12)15(20)17-7-3-4-13(11-17)14(18)19/h12-13H,3-11H2,1-2H3,(H,18,19)/t13-/m0/s1. The molecule has 0 bridgehead atoms. The van der Waals surface area contributed by atoms with E-state index in [-0.39, 0.29) is 5.91 Å². The molecule has 0 radical (unpaired) electrons. The summed E-state index contributed by atoms with van der Waals surface area (Å²) in [5, 5.41) is 9.15. The highest BCUT2D eigenvalue weighted by Gasteiger charge is 2.37. The molecule has 1 N–H and O–H groups in total. The third kappa shape index (κ3) is 4.19. The molecule has 1 amide bonds. The minimum absolute atomic E-state index is 0.111. The van der Waals surface area contributed by atoms with Gasteiger partial charge in [0.2, 0.25) is 5.91 Å². The van der Waals surface area contributed by atoms with E-state index in [1.54, 1.807) is 4.90 Å². The second-order valence-corrected chi connectivity index (χ2v) is 7.07. The van der Waals surface area contributed by atoms with Gasteiger partial charge in [0, 0.05) is 31.7 Å². The SMILES string of the molecule is CC(C)(CC1CCOCC1)C(=O)N1CCC[C@H](C(=O)O)C1. The van der Waals surface area contributed by atoms with Crippen molar-refractivity contribution in [3.63, 3.8) is 0 Å². The summed E-state index contributed by atoms with van der Waals surface area (Å²) >= 11 is 0. The van der Waals surface area contributed by atoms with Crippen molar-refractivity contribution in [3.05, 3.63) is 0 Å². The molecule has 2 saturated heterocycles. The molecule has 5 nitrogen and oxygen atoms in total. The Bertz CT molecular complexity index is 388. The highest BCUT2D eigenvalue weighted by molar-refractivity contribution is 5.83. The zero-order valence-corrected chi connectivity index (χ0v) is 13.1. The molecule has 0 aliphatic carbocycles. The average Bonchev–Trinajstić information content (AvgIpc) is 2.47. The van der Waals surface area contributed by atoms with Gasteiger partial charge in [-0.15, -0.1) is 0 Å². The van der Waals surface area contributed by atoms with Gasteiger partial charge in [-0.2, -0.15) is 0 Å². The molecule has 2 aliphatic rings.